The fourth-order valence-corrected chi connectivity index (χ4v) is 3.10. The van der Waals surface area contributed by atoms with Crippen molar-refractivity contribution < 1.29 is 4.79 Å². The first-order valence-corrected chi connectivity index (χ1v) is 9.64. The van der Waals surface area contributed by atoms with E-state index in [4.69, 9.17) is 11.6 Å². The number of anilines is 2. The Kier molecular flexibility index (Phi) is 6.58. The summed E-state index contributed by atoms with van der Waals surface area (Å²) in [6, 6.07) is 1.74. The van der Waals surface area contributed by atoms with Crippen LogP contribution in [0.25, 0.3) is 11.3 Å². The van der Waals surface area contributed by atoms with Crippen LogP contribution in [0, 0.1) is 11.8 Å². The van der Waals surface area contributed by atoms with Gasteiger partial charge in [-0.2, -0.15) is 0 Å². The first-order valence-electron chi connectivity index (χ1n) is 9.26. The molecule has 1 saturated heterocycles. The van der Waals surface area contributed by atoms with Gasteiger partial charge in [0.2, 0.25) is 5.91 Å². The van der Waals surface area contributed by atoms with Crippen molar-refractivity contribution in [3.8, 4) is 11.3 Å². The van der Waals surface area contributed by atoms with E-state index in [1.54, 1.807) is 18.5 Å². The molecule has 0 spiro atoms. The van der Waals surface area contributed by atoms with E-state index >= 15 is 0 Å². The Balaban J connectivity index is 1.77. The normalized spacial score (nSPS) is 17.0. The highest BCUT2D eigenvalue weighted by molar-refractivity contribution is 6.33. The summed E-state index contributed by atoms with van der Waals surface area (Å²) in [5, 5.41) is 9.85. The maximum atomic E-state index is 12.4. The van der Waals surface area contributed by atoms with Gasteiger partial charge in [0.05, 0.1) is 29.0 Å². The second kappa shape index (κ2) is 9.10. The van der Waals surface area contributed by atoms with Crippen molar-refractivity contribution in [2.75, 3.05) is 30.3 Å². The minimum Gasteiger partial charge on any atom is -0.369 e. The van der Waals surface area contributed by atoms with Crippen LogP contribution in [0.15, 0.2) is 24.7 Å². The maximum Gasteiger partial charge on any atom is 0.229 e. The van der Waals surface area contributed by atoms with Gasteiger partial charge in [0, 0.05) is 24.8 Å². The second-order valence-electron chi connectivity index (χ2n) is 7.15. The van der Waals surface area contributed by atoms with E-state index in [0.29, 0.717) is 40.4 Å². The van der Waals surface area contributed by atoms with Crippen molar-refractivity contribution in [2.24, 2.45) is 11.8 Å². The Morgan fingerprint density at radius 1 is 1.33 bits per heavy atom. The van der Waals surface area contributed by atoms with Crippen LogP contribution in [0.5, 0.6) is 0 Å². The predicted octanol–water partition coefficient (Wildman–Crippen LogP) is 3.20. The lowest BCUT2D eigenvalue weighted by Gasteiger charge is -2.21. The van der Waals surface area contributed by atoms with E-state index in [-0.39, 0.29) is 11.8 Å². The van der Waals surface area contributed by atoms with E-state index < -0.39 is 0 Å². The zero-order valence-electron chi connectivity index (χ0n) is 15.6. The van der Waals surface area contributed by atoms with Crippen LogP contribution >= 0.6 is 11.6 Å². The predicted molar refractivity (Wildman–Crippen MR) is 108 cm³/mol. The minimum absolute atomic E-state index is 0.0265. The Morgan fingerprint density at radius 3 is 2.93 bits per heavy atom. The number of rotatable bonds is 6. The molecule has 0 radical (unpaired) electrons. The van der Waals surface area contributed by atoms with Gasteiger partial charge >= 0.3 is 0 Å². The number of piperidine rings is 1. The van der Waals surface area contributed by atoms with Gasteiger partial charge in [-0.25, -0.2) is 9.97 Å². The van der Waals surface area contributed by atoms with E-state index in [0.717, 1.165) is 25.9 Å². The molecule has 0 unspecified atom stereocenters. The average Bonchev–Trinajstić information content (AvgIpc) is 2.68. The quantitative estimate of drug-likeness (QED) is 0.703. The van der Waals surface area contributed by atoms with Gasteiger partial charge < -0.3 is 16.0 Å². The molecule has 3 rings (SSSR count). The highest BCUT2D eigenvalue weighted by atomic mass is 35.5. The van der Waals surface area contributed by atoms with Crippen molar-refractivity contribution >= 4 is 29.1 Å². The lowest BCUT2D eigenvalue weighted by atomic mass is 9.99. The van der Waals surface area contributed by atoms with Gasteiger partial charge in [0.15, 0.2) is 0 Å². The zero-order valence-corrected chi connectivity index (χ0v) is 16.4. The first kappa shape index (κ1) is 19.5. The molecule has 2 aromatic rings. The number of pyridine rings is 1. The van der Waals surface area contributed by atoms with Gasteiger partial charge in [-0.3, -0.25) is 9.78 Å². The second-order valence-corrected chi connectivity index (χ2v) is 7.55. The summed E-state index contributed by atoms with van der Waals surface area (Å²) in [6.45, 7) is 6.72. The Hall–Kier alpha value is -2.25. The first-order chi connectivity index (χ1) is 13.0. The fraction of sp³-hybridized carbons (Fsp3) is 0.474. The monoisotopic (exact) mass is 388 g/mol. The van der Waals surface area contributed by atoms with Crippen LogP contribution < -0.4 is 16.0 Å². The SMILES string of the molecule is CC(C)CNc1cncc(-c2cc(NC(=O)[C@@H]3CCCNC3)ncc2Cl)n1. The van der Waals surface area contributed by atoms with Crippen molar-refractivity contribution in [1.82, 2.24) is 20.3 Å². The number of hydrogen-bond acceptors (Lipinski definition) is 6. The Bertz CT molecular complexity index is 792. The molecular formula is C19H25ClN6O. The van der Waals surface area contributed by atoms with Crippen molar-refractivity contribution in [3.63, 3.8) is 0 Å². The van der Waals surface area contributed by atoms with Crippen LogP contribution in [0.3, 0.4) is 0 Å². The molecule has 0 aromatic carbocycles. The molecular weight excluding hydrogens is 364 g/mol. The molecule has 1 amide bonds. The van der Waals surface area contributed by atoms with Crippen molar-refractivity contribution in [1.29, 1.82) is 0 Å². The third-order valence-electron chi connectivity index (χ3n) is 4.38. The third-order valence-corrected chi connectivity index (χ3v) is 4.68. The molecule has 1 aliphatic rings. The van der Waals surface area contributed by atoms with E-state index in [1.165, 1.54) is 6.20 Å². The third kappa shape index (κ3) is 5.37. The molecule has 0 bridgehead atoms. The summed E-state index contributed by atoms with van der Waals surface area (Å²) < 4.78 is 0. The van der Waals surface area contributed by atoms with Crippen LogP contribution in [-0.2, 0) is 4.79 Å². The highest BCUT2D eigenvalue weighted by Gasteiger charge is 2.21. The molecule has 7 nitrogen and oxygen atoms in total. The molecule has 27 heavy (non-hydrogen) atoms. The van der Waals surface area contributed by atoms with Gasteiger partial charge in [0.1, 0.15) is 11.6 Å². The van der Waals surface area contributed by atoms with Gasteiger partial charge in [-0.05, 0) is 31.4 Å². The van der Waals surface area contributed by atoms with E-state index in [2.05, 4.69) is 44.7 Å². The lowest BCUT2D eigenvalue weighted by Crippen LogP contribution is -2.37. The van der Waals surface area contributed by atoms with E-state index in [9.17, 15) is 4.79 Å². The summed E-state index contributed by atoms with van der Waals surface area (Å²) in [5.74, 6) is 1.58. The number of aromatic nitrogens is 3. The van der Waals surface area contributed by atoms with Crippen LogP contribution in [-0.4, -0.2) is 40.5 Å². The number of carbonyl (C=O) groups is 1. The standard InChI is InChI=1S/C19H25ClN6O/c1-12(2)7-23-18-11-22-10-16(25-18)14-6-17(24-9-15(14)20)26-19(27)13-4-3-5-21-8-13/h6,9-13,21H,3-5,7-8H2,1-2H3,(H,23,25)(H,24,26,27)/t13-/m1/s1. The summed E-state index contributed by atoms with van der Waals surface area (Å²) >= 11 is 6.32. The molecule has 8 heteroatoms. The number of hydrogen-bond donors (Lipinski definition) is 3. The Morgan fingerprint density at radius 2 is 2.19 bits per heavy atom. The van der Waals surface area contributed by atoms with Gasteiger partial charge in [-0.1, -0.05) is 25.4 Å². The largest absolute Gasteiger partial charge is 0.369 e. The molecule has 0 aliphatic carbocycles. The summed E-state index contributed by atoms with van der Waals surface area (Å²) in [4.78, 5) is 25.5. The maximum absolute atomic E-state index is 12.4. The van der Waals surface area contributed by atoms with Crippen LogP contribution in [0.4, 0.5) is 11.6 Å². The van der Waals surface area contributed by atoms with Crippen molar-refractivity contribution in [3.05, 3.63) is 29.7 Å². The van der Waals surface area contributed by atoms with Gasteiger partial charge in [-0.15, -0.1) is 0 Å². The number of halogens is 1. The topological polar surface area (TPSA) is 91.8 Å². The highest BCUT2D eigenvalue weighted by Crippen LogP contribution is 2.28. The zero-order chi connectivity index (χ0) is 19.2. The fourth-order valence-electron chi connectivity index (χ4n) is 2.90. The number of carbonyl (C=O) groups excluding carboxylic acids is 1. The minimum atomic E-state index is -0.0389. The van der Waals surface area contributed by atoms with Crippen LogP contribution in [0.2, 0.25) is 5.02 Å². The molecule has 1 aliphatic heterocycles. The summed E-state index contributed by atoms with van der Waals surface area (Å²) in [7, 11) is 0. The van der Waals surface area contributed by atoms with Crippen LogP contribution in [0.1, 0.15) is 26.7 Å². The smallest absolute Gasteiger partial charge is 0.229 e. The number of amides is 1. The molecule has 144 valence electrons. The molecule has 1 fully saturated rings. The van der Waals surface area contributed by atoms with E-state index in [1.807, 2.05) is 0 Å². The average molecular weight is 389 g/mol. The molecule has 3 N–H and O–H groups in total. The molecule has 1 atom stereocenters. The summed E-state index contributed by atoms with van der Waals surface area (Å²) in [5.41, 5.74) is 1.32. The number of nitrogens with one attached hydrogen (secondary N) is 3. The molecule has 2 aromatic heterocycles. The summed E-state index contributed by atoms with van der Waals surface area (Å²) in [6.07, 6.45) is 6.75. The van der Waals surface area contributed by atoms with Crippen molar-refractivity contribution in [2.45, 2.75) is 26.7 Å². The molecule has 3 heterocycles. The lowest BCUT2D eigenvalue weighted by molar-refractivity contribution is -0.120. The molecule has 0 saturated carbocycles. The number of nitrogens with zero attached hydrogens (tertiary/aromatic N) is 3. The van der Waals surface area contributed by atoms with Gasteiger partial charge in [0.25, 0.3) is 0 Å². The Labute approximate surface area is 164 Å².